The van der Waals surface area contributed by atoms with Gasteiger partial charge in [0.05, 0.1) is 32.0 Å². The molecular weight excluding hydrogens is 1160 g/mol. The van der Waals surface area contributed by atoms with Crippen molar-refractivity contribution in [3.8, 4) is 0 Å². The van der Waals surface area contributed by atoms with Crippen molar-refractivity contribution in [2.75, 3.05) is 19.8 Å². The van der Waals surface area contributed by atoms with Gasteiger partial charge in [0.1, 0.15) is 48.8 Å². The normalized spacial score (nSPS) is 23.3. The molecule has 0 radical (unpaired) electrons. The van der Waals surface area contributed by atoms with Crippen molar-refractivity contribution < 1.29 is 64.6 Å². The minimum Gasteiger partial charge on any atom is -0.394 e. The number of rotatable bonds is 60. The number of hydrogen-bond acceptors (Lipinski definition) is 13. The lowest BCUT2D eigenvalue weighted by atomic mass is 9.97. The van der Waals surface area contributed by atoms with Gasteiger partial charge in [-0.05, 0) is 89.9 Å². The van der Waals surface area contributed by atoms with Crippen LogP contribution >= 0.6 is 0 Å². The van der Waals surface area contributed by atoms with E-state index in [1.807, 2.05) is 6.08 Å². The zero-order chi connectivity index (χ0) is 66.6. The number of carbonyl (C=O) groups excluding carboxylic acids is 1. The number of carbonyl (C=O) groups is 1. The van der Waals surface area contributed by atoms with Crippen LogP contribution in [-0.2, 0) is 23.7 Å². The number of nitrogens with one attached hydrogen (secondary N) is 1. The fourth-order valence-corrected chi connectivity index (χ4v) is 11.6. The second-order valence-corrected chi connectivity index (χ2v) is 25.7. The topological polar surface area (TPSA) is 228 Å². The van der Waals surface area contributed by atoms with Crippen LogP contribution < -0.4 is 5.32 Å². The van der Waals surface area contributed by atoms with E-state index in [2.05, 4.69) is 116 Å². The van der Waals surface area contributed by atoms with Gasteiger partial charge >= 0.3 is 0 Å². The summed E-state index contributed by atoms with van der Waals surface area (Å²) in [6.45, 7) is 2.69. The van der Waals surface area contributed by atoms with Crippen LogP contribution in [0.4, 0.5) is 0 Å². The minimum atomic E-state index is -1.79. The average Bonchev–Trinajstić information content (AvgIpc) is 1.05. The molecule has 0 aromatic rings. The van der Waals surface area contributed by atoms with E-state index in [-0.39, 0.29) is 18.9 Å². The summed E-state index contributed by atoms with van der Waals surface area (Å²) in [5, 5.41) is 87.4. The van der Waals surface area contributed by atoms with Gasteiger partial charge in [-0.25, -0.2) is 0 Å². The van der Waals surface area contributed by atoms with Crippen molar-refractivity contribution in [3.05, 3.63) is 109 Å². The summed E-state index contributed by atoms with van der Waals surface area (Å²) < 4.78 is 22.8. The molecule has 14 heteroatoms. The Balaban J connectivity index is 1.61. The third-order valence-electron chi connectivity index (χ3n) is 17.4. The second-order valence-electron chi connectivity index (χ2n) is 25.7. The molecule has 14 nitrogen and oxygen atoms in total. The first-order valence-electron chi connectivity index (χ1n) is 37.1. The van der Waals surface area contributed by atoms with E-state index in [1.54, 1.807) is 6.08 Å². The van der Waals surface area contributed by atoms with Gasteiger partial charge < -0.3 is 65.1 Å². The summed E-state index contributed by atoms with van der Waals surface area (Å²) in [7, 11) is 0. The molecular formula is C78H135NO13. The Bertz CT molecular complexity index is 1960. The molecule has 0 saturated carbocycles. The SMILES string of the molecule is CC/C=C\C/C=C\C/C=C\C/C=C\C/C=C\C/C=C\C/C=C\CCCCCCCCCCCCCCCCCCCC(=O)NC(COC1OC(CO)C(OC2OC(CO)C(O)C(O)C2O)C(O)C1O)C(O)/C=C/CC/C=C/CCCCCCCCCCCCCCC. The van der Waals surface area contributed by atoms with Crippen molar-refractivity contribution in [2.24, 2.45) is 0 Å². The molecule has 0 aromatic heterocycles. The van der Waals surface area contributed by atoms with Crippen LogP contribution in [0.25, 0.3) is 0 Å². The molecule has 12 atom stereocenters. The zero-order valence-electron chi connectivity index (χ0n) is 57.8. The number of unbranched alkanes of at least 4 members (excludes halogenated alkanes) is 31. The van der Waals surface area contributed by atoms with Crippen molar-refractivity contribution in [3.63, 3.8) is 0 Å². The molecule has 2 aliphatic rings. The maximum Gasteiger partial charge on any atom is 0.220 e. The Labute approximate surface area is 559 Å². The monoisotopic (exact) mass is 1290 g/mol. The molecule has 2 rings (SSSR count). The molecule has 2 saturated heterocycles. The number of aliphatic hydroxyl groups excluding tert-OH is 8. The maximum atomic E-state index is 13.3. The van der Waals surface area contributed by atoms with Crippen LogP contribution in [0.2, 0.25) is 0 Å². The van der Waals surface area contributed by atoms with E-state index in [4.69, 9.17) is 18.9 Å². The van der Waals surface area contributed by atoms with Gasteiger partial charge in [-0.3, -0.25) is 4.79 Å². The van der Waals surface area contributed by atoms with Crippen molar-refractivity contribution in [1.82, 2.24) is 5.32 Å². The smallest absolute Gasteiger partial charge is 0.220 e. The lowest BCUT2D eigenvalue weighted by Crippen LogP contribution is -2.65. The summed E-state index contributed by atoms with van der Waals surface area (Å²) in [5.41, 5.74) is 0. The van der Waals surface area contributed by atoms with Crippen molar-refractivity contribution in [2.45, 2.75) is 357 Å². The van der Waals surface area contributed by atoms with Gasteiger partial charge in [-0.1, -0.05) is 297 Å². The minimum absolute atomic E-state index is 0.249. The highest BCUT2D eigenvalue weighted by atomic mass is 16.7. The fourth-order valence-electron chi connectivity index (χ4n) is 11.6. The Hall–Kier alpha value is -3.35. The maximum absolute atomic E-state index is 13.3. The molecule has 0 aliphatic carbocycles. The largest absolute Gasteiger partial charge is 0.394 e. The Morgan fingerprint density at radius 3 is 1.20 bits per heavy atom. The highest BCUT2D eigenvalue weighted by Gasteiger charge is 2.51. The number of allylic oxidation sites excluding steroid dienone is 17. The van der Waals surface area contributed by atoms with E-state index in [0.29, 0.717) is 12.8 Å². The van der Waals surface area contributed by atoms with Gasteiger partial charge in [0, 0.05) is 6.42 Å². The summed E-state index contributed by atoms with van der Waals surface area (Å²) in [6, 6.07) is -0.937. The van der Waals surface area contributed by atoms with Gasteiger partial charge in [0.25, 0.3) is 0 Å². The van der Waals surface area contributed by atoms with Gasteiger partial charge in [0.2, 0.25) is 5.91 Å². The first-order chi connectivity index (χ1) is 45.1. The molecule has 12 unspecified atom stereocenters. The van der Waals surface area contributed by atoms with Crippen LogP contribution in [-0.4, -0.2) is 140 Å². The summed E-state index contributed by atoms with van der Waals surface area (Å²) in [5.74, 6) is -0.249. The van der Waals surface area contributed by atoms with Crippen LogP contribution in [0.1, 0.15) is 284 Å². The highest BCUT2D eigenvalue weighted by molar-refractivity contribution is 5.76. The predicted octanol–water partition coefficient (Wildman–Crippen LogP) is 15.9. The van der Waals surface area contributed by atoms with Crippen LogP contribution in [0.5, 0.6) is 0 Å². The Morgan fingerprint density at radius 2 is 0.761 bits per heavy atom. The average molecular weight is 1290 g/mol. The predicted molar refractivity (Wildman–Crippen MR) is 378 cm³/mol. The Morgan fingerprint density at radius 1 is 0.402 bits per heavy atom. The number of aliphatic hydroxyl groups is 8. The van der Waals surface area contributed by atoms with Crippen LogP contribution in [0.3, 0.4) is 0 Å². The van der Waals surface area contributed by atoms with E-state index in [0.717, 1.165) is 77.0 Å². The second kappa shape index (κ2) is 61.3. The van der Waals surface area contributed by atoms with Gasteiger partial charge in [-0.15, -0.1) is 0 Å². The summed E-state index contributed by atoms with van der Waals surface area (Å²) in [6.07, 6.45) is 71.5. The molecule has 530 valence electrons. The molecule has 2 heterocycles. The zero-order valence-corrected chi connectivity index (χ0v) is 57.8. The van der Waals surface area contributed by atoms with Crippen molar-refractivity contribution >= 4 is 5.91 Å². The molecule has 2 aliphatic heterocycles. The fraction of sp³-hybridized carbons (Fsp3) is 0.756. The molecule has 92 heavy (non-hydrogen) atoms. The quantitative estimate of drug-likeness (QED) is 0.0204. The summed E-state index contributed by atoms with van der Waals surface area (Å²) >= 11 is 0. The molecule has 0 bridgehead atoms. The first-order valence-corrected chi connectivity index (χ1v) is 37.1. The Kier molecular flexibility index (Phi) is 56.4. The number of ether oxygens (including phenoxy) is 4. The van der Waals surface area contributed by atoms with E-state index in [9.17, 15) is 45.6 Å². The molecule has 1 amide bonds. The number of hydrogen-bond donors (Lipinski definition) is 9. The van der Waals surface area contributed by atoms with Gasteiger partial charge in [0.15, 0.2) is 12.6 Å². The molecule has 9 N–H and O–H groups in total. The van der Waals surface area contributed by atoms with E-state index >= 15 is 0 Å². The molecule has 0 aromatic carbocycles. The first kappa shape index (κ1) is 84.7. The third kappa shape index (κ3) is 44.4. The van der Waals surface area contributed by atoms with Crippen molar-refractivity contribution in [1.29, 1.82) is 0 Å². The van der Waals surface area contributed by atoms with E-state index < -0.39 is 86.8 Å². The van der Waals surface area contributed by atoms with Crippen LogP contribution in [0, 0.1) is 0 Å². The van der Waals surface area contributed by atoms with Crippen LogP contribution in [0.15, 0.2) is 109 Å². The lowest BCUT2D eigenvalue weighted by molar-refractivity contribution is -0.359. The van der Waals surface area contributed by atoms with E-state index in [1.165, 1.54) is 173 Å². The molecule has 2 fully saturated rings. The number of amides is 1. The standard InChI is InChI=1S/C78H135NO13/c1-3-5-7-9-11-13-15-17-19-21-23-24-25-26-27-28-29-30-31-32-33-34-35-36-37-38-39-40-41-42-44-46-48-50-52-54-56-58-60-62-70(83)79-66(67(82)61-59-57-55-53-51-49-47-45-43-22-20-18-16-14-12-10-8-6-4-2)65-89-77-75(88)73(86)76(69(64-81)91-77)92-78-74(87)72(85)71(84)68(63-80)90-78/h5,7,11,13,17,19,23-24,26-27,29-30,32-33,51,53,59,61,66-69,71-78,80-82,84-88H,3-4,6,8-10,12,14-16,18,20-22,25,28,31,34-50,52,54-58,60,62-65H2,1-2H3,(H,79,83)/b7-5-,13-11-,19-17-,24-23-,27-26-,30-29-,33-32-,53-51+,61-59+. The highest BCUT2D eigenvalue weighted by Crippen LogP contribution is 2.30. The molecule has 0 spiro atoms. The summed E-state index contributed by atoms with van der Waals surface area (Å²) in [4.78, 5) is 13.3. The van der Waals surface area contributed by atoms with Gasteiger partial charge in [-0.2, -0.15) is 0 Å². The third-order valence-corrected chi connectivity index (χ3v) is 17.4. The lowest BCUT2D eigenvalue weighted by Gasteiger charge is -2.46.